The summed E-state index contributed by atoms with van der Waals surface area (Å²) >= 11 is 0. The number of aryl methyl sites for hydroxylation is 1. The fourth-order valence-corrected chi connectivity index (χ4v) is 5.55. The van der Waals surface area contributed by atoms with Gasteiger partial charge in [-0.05, 0) is 13.0 Å². The van der Waals surface area contributed by atoms with Gasteiger partial charge in [0.05, 0.1) is 29.3 Å². The number of fused-ring (bicyclic) bond motifs is 1. The number of piperazine rings is 1. The molecule has 1 aromatic heterocycles. The van der Waals surface area contributed by atoms with Crippen LogP contribution < -0.4 is 0 Å². The highest BCUT2D eigenvalue weighted by Crippen LogP contribution is 2.28. The van der Waals surface area contributed by atoms with E-state index in [1.54, 1.807) is 29.0 Å². The highest BCUT2D eigenvalue weighted by molar-refractivity contribution is 7.91. The molecular formula is C14H22N4O3S. The van der Waals surface area contributed by atoms with E-state index in [0.29, 0.717) is 12.1 Å². The second-order valence-electron chi connectivity index (χ2n) is 6.15. The van der Waals surface area contributed by atoms with Crippen LogP contribution in [0, 0.1) is 0 Å². The minimum Gasteiger partial charge on any atom is -0.332 e. The fourth-order valence-electron chi connectivity index (χ4n) is 3.54. The van der Waals surface area contributed by atoms with Gasteiger partial charge in [-0.25, -0.2) is 8.42 Å². The number of hydrogen-bond acceptors (Lipinski definition) is 5. The summed E-state index contributed by atoms with van der Waals surface area (Å²) in [5, 5.41) is 4.03. The Bertz CT molecular complexity index is 669. The molecule has 2 fully saturated rings. The van der Waals surface area contributed by atoms with Gasteiger partial charge in [-0.15, -0.1) is 0 Å². The lowest BCUT2D eigenvalue weighted by atomic mass is 10.0. The summed E-state index contributed by atoms with van der Waals surface area (Å²) in [6, 6.07) is -0.308. The highest BCUT2D eigenvalue weighted by Gasteiger charge is 2.47. The first-order valence-corrected chi connectivity index (χ1v) is 9.47. The molecule has 2 saturated heterocycles. The Kier molecular flexibility index (Phi) is 3.98. The molecule has 0 aliphatic carbocycles. The molecule has 22 heavy (non-hydrogen) atoms. The van der Waals surface area contributed by atoms with E-state index < -0.39 is 9.84 Å². The number of aromatic nitrogens is 2. The van der Waals surface area contributed by atoms with E-state index in [2.05, 4.69) is 16.9 Å². The minimum atomic E-state index is -3.08. The lowest BCUT2D eigenvalue weighted by molar-refractivity contribution is 0.0333. The zero-order chi connectivity index (χ0) is 15.9. The molecule has 0 radical (unpaired) electrons. The molecular weight excluding hydrogens is 304 g/mol. The Morgan fingerprint density at radius 2 is 2.05 bits per heavy atom. The third kappa shape index (κ3) is 2.77. The fraction of sp³-hybridized carbons (Fsp3) is 0.714. The van der Waals surface area contributed by atoms with Crippen LogP contribution in [0.4, 0.5) is 0 Å². The van der Waals surface area contributed by atoms with Crippen molar-refractivity contribution in [1.29, 1.82) is 0 Å². The molecule has 0 aromatic carbocycles. The molecule has 0 spiro atoms. The van der Waals surface area contributed by atoms with E-state index in [9.17, 15) is 13.2 Å². The molecule has 0 N–H and O–H groups in total. The van der Waals surface area contributed by atoms with E-state index in [1.165, 1.54) is 0 Å². The lowest BCUT2D eigenvalue weighted by Crippen LogP contribution is -2.60. The molecule has 1 aromatic rings. The molecule has 0 unspecified atom stereocenters. The topological polar surface area (TPSA) is 75.5 Å². The van der Waals surface area contributed by atoms with Crippen molar-refractivity contribution in [2.24, 2.45) is 7.05 Å². The predicted octanol–water partition coefficient (Wildman–Crippen LogP) is -0.246. The Hall–Kier alpha value is -1.41. The van der Waals surface area contributed by atoms with Gasteiger partial charge in [0.15, 0.2) is 9.84 Å². The van der Waals surface area contributed by atoms with Crippen LogP contribution in [-0.4, -0.2) is 77.1 Å². The molecule has 7 nitrogen and oxygen atoms in total. The second kappa shape index (κ2) is 5.66. The summed E-state index contributed by atoms with van der Waals surface area (Å²) in [5.41, 5.74) is 0.523. The SMILES string of the molecule is CCCN1CCN(C(=O)c2cnn(C)c2)[C@H]2CS(=O)(=O)C[C@H]21. The number of nitrogens with zero attached hydrogens (tertiary/aromatic N) is 4. The van der Waals surface area contributed by atoms with E-state index in [-0.39, 0.29) is 29.5 Å². The van der Waals surface area contributed by atoms with Crippen LogP contribution in [0.1, 0.15) is 23.7 Å². The van der Waals surface area contributed by atoms with Crippen LogP contribution in [0.15, 0.2) is 12.4 Å². The van der Waals surface area contributed by atoms with Gasteiger partial charge in [0, 0.05) is 32.4 Å². The van der Waals surface area contributed by atoms with Crippen LogP contribution in [0.5, 0.6) is 0 Å². The van der Waals surface area contributed by atoms with E-state index in [0.717, 1.165) is 19.5 Å². The molecule has 2 aliphatic heterocycles. The summed E-state index contributed by atoms with van der Waals surface area (Å²) in [4.78, 5) is 16.6. The van der Waals surface area contributed by atoms with Crippen molar-refractivity contribution in [3.05, 3.63) is 18.0 Å². The van der Waals surface area contributed by atoms with Gasteiger partial charge >= 0.3 is 0 Å². The third-order valence-corrected chi connectivity index (χ3v) is 6.21. The van der Waals surface area contributed by atoms with Crippen LogP contribution in [0.25, 0.3) is 0 Å². The number of hydrogen-bond donors (Lipinski definition) is 0. The average molecular weight is 326 g/mol. The monoisotopic (exact) mass is 326 g/mol. The Labute approximate surface area is 130 Å². The number of carbonyl (C=O) groups excluding carboxylic acids is 1. The first-order valence-electron chi connectivity index (χ1n) is 7.65. The van der Waals surface area contributed by atoms with Crippen molar-refractivity contribution in [3.63, 3.8) is 0 Å². The molecule has 0 bridgehead atoms. The number of rotatable bonds is 3. The summed E-state index contributed by atoms with van der Waals surface area (Å²) in [6.45, 7) is 4.28. The maximum absolute atomic E-state index is 12.7. The first-order chi connectivity index (χ1) is 10.4. The van der Waals surface area contributed by atoms with Crippen LogP contribution in [0.3, 0.4) is 0 Å². The van der Waals surface area contributed by atoms with Crippen molar-refractivity contribution < 1.29 is 13.2 Å². The van der Waals surface area contributed by atoms with Crippen LogP contribution >= 0.6 is 0 Å². The lowest BCUT2D eigenvalue weighted by Gasteiger charge is -2.43. The van der Waals surface area contributed by atoms with Crippen molar-refractivity contribution in [1.82, 2.24) is 19.6 Å². The zero-order valence-electron chi connectivity index (χ0n) is 13.0. The summed E-state index contributed by atoms with van der Waals surface area (Å²) < 4.78 is 25.7. The smallest absolute Gasteiger partial charge is 0.257 e. The van der Waals surface area contributed by atoms with Gasteiger partial charge in [-0.1, -0.05) is 6.92 Å². The predicted molar refractivity (Wildman–Crippen MR) is 82.3 cm³/mol. The zero-order valence-corrected chi connectivity index (χ0v) is 13.8. The highest BCUT2D eigenvalue weighted by atomic mass is 32.2. The van der Waals surface area contributed by atoms with Crippen LogP contribution in [0.2, 0.25) is 0 Å². The molecule has 2 atom stereocenters. The maximum Gasteiger partial charge on any atom is 0.257 e. The third-order valence-electron chi connectivity index (χ3n) is 4.51. The Balaban J connectivity index is 1.86. The molecule has 122 valence electrons. The van der Waals surface area contributed by atoms with Gasteiger partial charge in [0.25, 0.3) is 5.91 Å². The van der Waals surface area contributed by atoms with Gasteiger partial charge in [0.1, 0.15) is 0 Å². The average Bonchev–Trinajstić information content (AvgIpc) is 3.01. The second-order valence-corrected chi connectivity index (χ2v) is 8.30. The quantitative estimate of drug-likeness (QED) is 0.766. The normalized spacial score (nSPS) is 27.8. The van der Waals surface area contributed by atoms with Gasteiger partial charge in [0.2, 0.25) is 0 Å². The Morgan fingerprint density at radius 3 is 2.68 bits per heavy atom. The maximum atomic E-state index is 12.7. The number of sulfone groups is 1. The molecule has 8 heteroatoms. The van der Waals surface area contributed by atoms with Gasteiger partial charge in [-0.2, -0.15) is 5.10 Å². The molecule has 1 amide bonds. The van der Waals surface area contributed by atoms with Gasteiger partial charge < -0.3 is 4.90 Å². The summed E-state index contributed by atoms with van der Waals surface area (Å²) in [7, 11) is -1.32. The largest absolute Gasteiger partial charge is 0.332 e. The van der Waals surface area contributed by atoms with Gasteiger partial charge in [-0.3, -0.25) is 14.4 Å². The standard InChI is InChI=1S/C14H22N4O3S/c1-3-4-17-5-6-18(13-10-22(20,21)9-12(13)17)14(19)11-7-15-16(2)8-11/h7-8,12-13H,3-6,9-10H2,1-2H3/t12-,13+/m1/s1. The van der Waals surface area contributed by atoms with Crippen molar-refractivity contribution in [2.45, 2.75) is 25.4 Å². The summed E-state index contributed by atoms with van der Waals surface area (Å²) in [5.74, 6) is 0.120. The van der Waals surface area contributed by atoms with E-state index in [1.807, 2.05) is 0 Å². The number of carbonyl (C=O) groups is 1. The Morgan fingerprint density at radius 1 is 1.32 bits per heavy atom. The van der Waals surface area contributed by atoms with Crippen molar-refractivity contribution in [3.8, 4) is 0 Å². The molecule has 3 heterocycles. The van der Waals surface area contributed by atoms with Crippen molar-refractivity contribution in [2.75, 3.05) is 31.1 Å². The number of amides is 1. The molecule has 2 aliphatic rings. The molecule has 3 rings (SSSR count). The van der Waals surface area contributed by atoms with E-state index in [4.69, 9.17) is 0 Å². The van der Waals surface area contributed by atoms with E-state index >= 15 is 0 Å². The van der Waals surface area contributed by atoms with Crippen molar-refractivity contribution >= 4 is 15.7 Å². The van der Waals surface area contributed by atoms with Crippen LogP contribution in [-0.2, 0) is 16.9 Å². The first kappa shape index (κ1) is 15.5. The summed E-state index contributed by atoms with van der Waals surface area (Å²) in [6.07, 6.45) is 4.21. The minimum absolute atomic E-state index is 0.0701. The molecule has 0 saturated carbocycles.